The van der Waals surface area contributed by atoms with E-state index >= 15 is 0 Å². The first-order valence-corrected chi connectivity index (χ1v) is 18.3. The van der Waals surface area contributed by atoms with Gasteiger partial charge in [0.25, 0.3) is 0 Å². The maximum atomic E-state index is 13.6. The van der Waals surface area contributed by atoms with Gasteiger partial charge in [-0.1, -0.05) is 82.3 Å². The summed E-state index contributed by atoms with van der Waals surface area (Å²) >= 11 is 3.36. The summed E-state index contributed by atoms with van der Waals surface area (Å²) in [6.07, 6.45) is 5.79. The van der Waals surface area contributed by atoms with E-state index in [0.29, 0.717) is 22.3 Å². The Balaban J connectivity index is 1.01. The molecule has 0 bridgehead atoms. The summed E-state index contributed by atoms with van der Waals surface area (Å²) in [4.78, 5) is 56.4. The van der Waals surface area contributed by atoms with Crippen LogP contribution in [0.3, 0.4) is 0 Å². The van der Waals surface area contributed by atoms with E-state index in [1.807, 2.05) is 78.9 Å². The number of hydrogen-bond donors (Lipinski definition) is 0. The Labute approximate surface area is 295 Å². The SMILES string of the molecule is CC1(C)C(C=C2C(=O)c3cc4ccccc4cc3C2=O)=CC2=C1c1sc3cc(C=C4C(=O)c5cc6ccccc6cc5C4=O)sc3c1C2(C)C. The Morgan fingerprint density at radius 1 is 0.560 bits per heavy atom. The molecule has 0 aliphatic heterocycles. The predicted molar refractivity (Wildman–Crippen MR) is 203 cm³/mol. The topological polar surface area (TPSA) is 68.3 Å². The van der Waals surface area contributed by atoms with Crippen LogP contribution in [-0.2, 0) is 5.41 Å². The molecular formula is C44H28O4S2. The van der Waals surface area contributed by atoms with E-state index < -0.39 is 5.41 Å². The third kappa shape index (κ3) is 3.75. The Kier molecular flexibility index (Phi) is 5.73. The molecule has 240 valence electrons. The van der Waals surface area contributed by atoms with Crippen LogP contribution < -0.4 is 0 Å². The molecule has 4 aromatic carbocycles. The molecule has 6 aromatic rings. The number of fused-ring (bicyclic) bond motifs is 8. The first-order valence-electron chi connectivity index (χ1n) is 16.7. The van der Waals surface area contributed by atoms with Crippen molar-refractivity contribution in [1.82, 2.24) is 0 Å². The average Bonchev–Trinajstić information content (AvgIpc) is 3.87. The first kappa shape index (κ1) is 29.6. The van der Waals surface area contributed by atoms with Crippen LogP contribution in [0.4, 0.5) is 0 Å². The monoisotopic (exact) mass is 684 g/mol. The van der Waals surface area contributed by atoms with Gasteiger partial charge in [-0.3, -0.25) is 19.2 Å². The van der Waals surface area contributed by atoms with Crippen molar-refractivity contribution in [3.05, 3.63) is 151 Å². The van der Waals surface area contributed by atoms with E-state index in [0.717, 1.165) is 36.7 Å². The van der Waals surface area contributed by atoms with Crippen LogP contribution in [0.25, 0.3) is 42.6 Å². The van der Waals surface area contributed by atoms with E-state index in [2.05, 4.69) is 39.8 Å². The van der Waals surface area contributed by atoms with Crippen molar-refractivity contribution in [3.8, 4) is 0 Å². The highest BCUT2D eigenvalue weighted by atomic mass is 32.1. The van der Waals surface area contributed by atoms with Crippen LogP contribution in [0.1, 0.15) is 84.4 Å². The zero-order chi connectivity index (χ0) is 34.4. The molecule has 2 aromatic heterocycles. The van der Waals surface area contributed by atoms with Gasteiger partial charge in [-0.25, -0.2) is 0 Å². The van der Waals surface area contributed by atoms with Crippen LogP contribution in [0.5, 0.6) is 0 Å². The van der Waals surface area contributed by atoms with Crippen molar-refractivity contribution in [2.24, 2.45) is 5.41 Å². The highest BCUT2D eigenvalue weighted by Crippen LogP contribution is 2.64. The zero-order valence-electron chi connectivity index (χ0n) is 27.7. The smallest absolute Gasteiger partial charge is 0.197 e. The second-order valence-electron chi connectivity index (χ2n) is 14.7. The Bertz CT molecular complexity index is 2710. The van der Waals surface area contributed by atoms with Crippen molar-refractivity contribution in [1.29, 1.82) is 0 Å². The molecule has 4 aliphatic carbocycles. The summed E-state index contributed by atoms with van der Waals surface area (Å²) < 4.78 is 2.30. The van der Waals surface area contributed by atoms with Crippen molar-refractivity contribution in [2.45, 2.75) is 33.1 Å². The fourth-order valence-electron chi connectivity index (χ4n) is 8.44. The van der Waals surface area contributed by atoms with Crippen LogP contribution in [0, 0.1) is 5.41 Å². The lowest BCUT2D eigenvalue weighted by Gasteiger charge is -2.25. The number of benzene rings is 4. The Hall–Kier alpha value is -5.30. The quantitative estimate of drug-likeness (QED) is 0.134. The second-order valence-corrected chi connectivity index (χ2v) is 16.8. The average molecular weight is 685 g/mol. The molecule has 2 heterocycles. The Morgan fingerprint density at radius 2 is 1.02 bits per heavy atom. The minimum atomic E-state index is -0.430. The standard InChI is InChI=1S/C44H28O4S2/c1-43(2)25(17-31-37(45)27-13-21-9-5-6-10-22(21)14-28(27)38(31)46)18-33-35(43)42-36(44(33,3)4)41-34(50-42)20-26(49-41)19-32-39(47)29-15-23-11-7-8-12-24(23)16-30(29)40(32)48/h5-20H,1-4H3. The molecular weight excluding hydrogens is 657 g/mol. The van der Waals surface area contributed by atoms with Gasteiger partial charge in [-0.2, -0.15) is 0 Å². The minimum absolute atomic E-state index is 0.214. The number of allylic oxidation sites excluding steroid dienone is 7. The largest absolute Gasteiger partial charge is 0.288 e. The third-order valence-electron chi connectivity index (χ3n) is 11.1. The van der Waals surface area contributed by atoms with Gasteiger partial charge in [-0.15, -0.1) is 22.7 Å². The van der Waals surface area contributed by atoms with E-state index in [4.69, 9.17) is 0 Å². The number of carbonyl (C=O) groups excluding carboxylic acids is 4. The lowest BCUT2D eigenvalue weighted by Crippen LogP contribution is -2.15. The maximum absolute atomic E-state index is 13.6. The van der Waals surface area contributed by atoms with Gasteiger partial charge < -0.3 is 0 Å². The van der Waals surface area contributed by atoms with Gasteiger partial charge in [0.2, 0.25) is 0 Å². The second kappa shape index (κ2) is 9.69. The van der Waals surface area contributed by atoms with Crippen molar-refractivity contribution >= 4 is 88.4 Å². The van der Waals surface area contributed by atoms with Gasteiger partial charge in [0.15, 0.2) is 23.1 Å². The summed E-state index contributed by atoms with van der Waals surface area (Å²) in [7, 11) is 0. The van der Waals surface area contributed by atoms with E-state index in [1.165, 1.54) is 26.3 Å². The summed E-state index contributed by atoms with van der Waals surface area (Å²) in [5, 5.41) is 3.78. The molecule has 0 fully saturated rings. The fraction of sp³-hybridized carbons (Fsp3) is 0.136. The lowest BCUT2D eigenvalue weighted by molar-refractivity contribution is 0.0974. The number of carbonyl (C=O) groups is 4. The normalized spacial score (nSPS) is 18.4. The van der Waals surface area contributed by atoms with Crippen molar-refractivity contribution in [3.63, 3.8) is 0 Å². The molecule has 10 rings (SSSR count). The lowest BCUT2D eigenvalue weighted by atomic mass is 9.79. The molecule has 6 heteroatoms. The van der Waals surface area contributed by atoms with Gasteiger partial charge in [-0.05, 0) is 86.3 Å². The number of ketones is 4. The summed E-state index contributed by atoms with van der Waals surface area (Å²) in [5.74, 6) is -0.868. The van der Waals surface area contributed by atoms with E-state index in [9.17, 15) is 19.2 Å². The molecule has 0 atom stereocenters. The molecule has 50 heavy (non-hydrogen) atoms. The molecule has 0 N–H and O–H groups in total. The van der Waals surface area contributed by atoms with Crippen LogP contribution in [0.15, 0.2) is 113 Å². The maximum Gasteiger partial charge on any atom is 0.197 e. The number of rotatable bonds is 2. The molecule has 4 nitrogen and oxygen atoms in total. The predicted octanol–water partition coefficient (Wildman–Crippen LogP) is 10.7. The van der Waals surface area contributed by atoms with Crippen LogP contribution in [-0.4, -0.2) is 23.1 Å². The zero-order valence-corrected chi connectivity index (χ0v) is 29.3. The van der Waals surface area contributed by atoms with Crippen LogP contribution >= 0.6 is 22.7 Å². The van der Waals surface area contributed by atoms with Gasteiger partial charge >= 0.3 is 0 Å². The van der Waals surface area contributed by atoms with Crippen molar-refractivity contribution < 1.29 is 19.2 Å². The third-order valence-corrected chi connectivity index (χ3v) is 13.5. The molecule has 0 saturated carbocycles. The van der Waals surface area contributed by atoms with Gasteiger partial charge in [0.05, 0.1) is 15.8 Å². The summed E-state index contributed by atoms with van der Waals surface area (Å²) in [6.45, 7) is 8.83. The number of hydrogen-bond acceptors (Lipinski definition) is 6. The fourth-order valence-corrected chi connectivity index (χ4v) is 11.6. The summed E-state index contributed by atoms with van der Waals surface area (Å²) in [6, 6.07) is 25.0. The molecule has 0 spiro atoms. The van der Waals surface area contributed by atoms with Crippen molar-refractivity contribution in [2.75, 3.05) is 0 Å². The number of Topliss-reactive ketones (excluding diaryl/α,β-unsaturated/α-hetero) is 4. The minimum Gasteiger partial charge on any atom is -0.288 e. The van der Waals surface area contributed by atoms with E-state index in [1.54, 1.807) is 28.7 Å². The highest BCUT2D eigenvalue weighted by Gasteiger charge is 2.50. The molecule has 0 unspecified atom stereocenters. The summed E-state index contributed by atoms with van der Waals surface area (Å²) in [5.41, 5.74) is 6.25. The number of thiophene rings is 2. The van der Waals surface area contributed by atoms with Gasteiger partial charge in [0.1, 0.15) is 0 Å². The van der Waals surface area contributed by atoms with E-state index in [-0.39, 0.29) is 39.7 Å². The van der Waals surface area contributed by atoms with Crippen LogP contribution in [0.2, 0.25) is 0 Å². The molecule has 0 saturated heterocycles. The Morgan fingerprint density at radius 3 is 1.50 bits per heavy atom. The molecule has 0 amide bonds. The molecule has 0 radical (unpaired) electrons. The van der Waals surface area contributed by atoms with Gasteiger partial charge in [0, 0.05) is 47.5 Å². The highest BCUT2D eigenvalue weighted by molar-refractivity contribution is 7.29. The molecule has 4 aliphatic rings. The first-order chi connectivity index (χ1) is 23.9.